The van der Waals surface area contributed by atoms with Gasteiger partial charge >= 0.3 is 5.97 Å². The maximum atomic E-state index is 11.3. The number of benzene rings is 1. The summed E-state index contributed by atoms with van der Waals surface area (Å²) < 4.78 is 9.91. The van der Waals surface area contributed by atoms with Crippen LogP contribution in [0.25, 0.3) is 0 Å². The van der Waals surface area contributed by atoms with E-state index in [9.17, 15) is 4.79 Å². The Bertz CT molecular complexity index is 307. The van der Waals surface area contributed by atoms with Gasteiger partial charge in [0.05, 0.1) is 19.3 Å². The molecule has 0 aliphatic rings. The number of hydrogen-bond donors (Lipinski definition) is 0. The van der Waals surface area contributed by atoms with Crippen LogP contribution < -0.4 is 0 Å². The van der Waals surface area contributed by atoms with Gasteiger partial charge in [-0.1, -0.05) is 18.2 Å². The van der Waals surface area contributed by atoms with Crippen molar-refractivity contribution in [2.45, 2.75) is 13.5 Å². The van der Waals surface area contributed by atoms with Crippen molar-refractivity contribution in [3.63, 3.8) is 0 Å². The first-order valence-electron chi connectivity index (χ1n) is 4.53. The number of methoxy groups -OCH3 is 1. The highest BCUT2D eigenvalue weighted by atomic mass is 16.5. The molecule has 0 N–H and O–H groups in total. The Labute approximate surface area is 83.6 Å². The lowest BCUT2D eigenvalue weighted by Gasteiger charge is -2.06. The van der Waals surface area contributed by atoms with Crippen molar-refractivity contribution in [2.24, 2.45) is 0 Å². The molecule has 0 fully saturated rings. The lowest BCUT2D eigenvalue weighted by atomic mass is 10.1. The van der Waals surface area contributed by atoms with Crippen molar-refractivity contribution in [1.29, 1.82) is 0 Å². The summed E-state index contributed by atoms with van der Waals surface area (Å²) in [5.41, 5.74) is 1.43. The monoisotopic (exact) mass is 194 g/mol. The third-order valence-corrected chi connectivity index (χ3v) is 1.88. The first-order chi connectivity index (χ1) is 6.79. The summed E-state index contributed by atoms with van der Waals surface area (Å²) in [6.07, 6.45) is 0. The molecule has 1 aromatic carbocycles. The minimum Gasteiger partial charge on any atom is -0.465 e. The first-order valence-corrected chi connectivity index (χ1v) is 4.53. The van der Waals surface area contributed by atoms with Crippen LogP contribution in [-0.4, -0.2) is 19.7 Å². The molecular formula is C11H14O3. The van der Waals surface area contributed by atoms with Gasteiger partial charge in [-0.3, -0.25) is 0 Å². The molecule has 1 aromatic rings. The molecule has 3 heteroatoms. The first kappa shape index (κ1) is 10.7. The van der Waals surface area contributed by atoms with Crippen LogP contribution in [0.1, 0.15) is 22.8 Å². The van der Waals surface area contributed by atoms with Crippen LogP contribution in [0, 0.1) is 0 Å². The molecule has 14 heavy (non-hydrogen) atoms. The fourth-order valence-corrected chi connectivity index (χ4v) is 1.17. The Morgan fingerprint density at radius 2 is 2.07 bits per heavy atom. The molecule has 0 aliphatic heterocycles. The minimum atomic E-state index is -0.319. The molecular weight excluding hydrogens is 180 g/mol. The summed E-state index contributed by atoms with van der Waals surface area (Å²) in [7, 11) is 1.37. The van der Waals surface area contributed by atoms with Gasteiger partial charge in [-0.15, -0.1) is 0 Å². The van der Waals surface area contributed by atoms with Crippen LogP contribution in [0.4, 0.5) is 0 Å². The molecule has 0 aliphatic carbocycles. The number of ether oxygens (including phenoxy) is 2. The van der Waals surface area contributed by atoms with Gasteiger partial charge in [0.25, 0.3) is 0 Å². The molecule has 0 amide bonds. The second-order valence-corrected chi connectivity index (χ2v) is 2.79. The quantitative estimate of drug-likeness (QED) is 0.688. The van der Waals surface area contributed by atoms with Crippen LogP contribution in [0.5, 0.6) is 0 Å². The molecule has 3 nitrogen and oxygen atoms in total. The molecule has 0 radical (unpaired) electrons. The average Bonchev–Trinajstić information content (AvgIpc) is 2.25. The standard InChI is InChI=1S/C11H14O3/c1-3-14-8-9-6-4-5-7-10(9)11(12)13-2/h4-7H,3,8H2,1-2H3. The molecule has 0 saturated heterocycles. The van der Waals surface area contributed by atoms with Crippen LogP contribution in [0.2, 0.25) is 0 Å². The Morgan fingerprint density at radius 3 is 2.71 bits per heavy atom. The van der Waals surface area contributed by atoms with Crippen molar-refractivity contribution in [1.82, 2.24) is 0 Å². The molecule has 0 heterocycles. The third-order valence-electron chi connectivity index (χ3n) is 1.88. The smallest absolute Gasteiger partial charge is 0.338 e. The molecule has 0 spiro atoms. The largest absolute Gasteiger partial charge is 0.465 e. The number of carbonyl (C=O) groups excluding carboxylic acids is 1. The predicted octanol–water partition coefficient (Wildman–Crippen LogP) is 2.01. The molecule has 0 aromatic heterocycles. The van der Waals surface area contributed by atoms with Crippen LogP contribution in [-0.2, 0) is 16.1 Å². The van der Waals surface area contributed by atoms with Gasteiger partial charge in [0.15, 0.2) is 0 Å². The summed E-state index contributed by atoms with van der Waals surface area (Å²) in [5, 5.41) is 0. The molecule has 0 bridgehead atoms. The van der Waals surface area contributed by atoms with E-state index in [1.54, 1.807) is 6.07 Å². The van der Waals surface area contributed by atoms with E-state index in [0.717, 1.165) is 5.56 Å². The summed E-state index contributed by atoms with van der Waals surface area (Å²) in [6, 6.07) is 7.28. The fraction of sp³-hybridized carbons (Fsp3) is 0.364. The van der Waals surface area contributed by atoms with Gasteiger partial charge in [0, 0.05) is 6.61 Å². The van der Waals surface area contributed by atoms with Gasteiger partial charge < -0.3 is 9.47 Å². The number of esters is 1. The van der Waals surface area contributed by atoms with Crippen LogP contribution >= 0.6 is 0 Å². The van der Waals surface area contributed by atoms with Gasteiger partial charge in [0.1, 0.15) is 0 Å². The van der Waals surface area contributed by atoms with E-state index in [4.69, 9.17) is 4.74 Å². The zero-order chi connectivity index (χ0) is 10.4. The van der Waals surface area contributed by atoms with Gasteiger partial charge in [-0.2, -0.15) is 0 Å². The number of hydrogen-bond acceptors (Lipinski definition) is 3. The Kier molecular flexibility index (Phi) is 4.13. The lowest BCUT2D eigenvalue weighted by Crippen LogP contribution is -2.06. The summed E-state index contributed by atoms with van der Waals surface area (Å²) in [4.78, 5) is 11.3. The zero-order valence-corrected chi connectivity index (χ0v) is 8.45. The maximum Gasteiger partial charge on any atom is 0.338 e. The highest BCUT2D eigenvalue weighted by Gasteiger charge is 2.09. The lowest BCUT2D eigenvalue weighted by molar-refractivity contribution is 0.0593. The molecule has 0 atom stereocenters. The van der Waals surface area contributed by atoms with E-state index in [-0.39, 0.29) is 5.97 Å². The summed E-state index contributed by atoms with van der Waals surface area (Å²) in [5.74, 6) is -0.319. The Morgan fingerprint density at radius 1 is 1.36 bits per heavy atom. The number of carbonyl (C=O) groups is 1. The average molecular weight is 194 g/mol. The predicted molar refractivity (Wildman–Crippen MR) is 53.1 cm³/mol. The van der Waals surface area contributed by atoms with Crippen LogP contribution in [0.3, 0.4) is 0 Å². The van der Waals surface area contributed by atoms with Gasteiger partial charge in [0.2, 0.25) is 0 Å². The zero-order valence-electron chi connectivity index (χ0n) is 8.45. The van der Waals surface area contributed by atoms with E-state index in [1.807, 2.05) is 25.1 Å². The highest BCUT2D eigenvalue weighted by molar-refractivity contribution is 5.90. The fourth-order valence-electron chi connectivity index (χ4n) is 1.17. The second-order valence-electron chi connectivity index (χ2n) is 2.79. The van der Waals surface area contributed by atoms with Crippen molar-refractivity contribution in [3.8, 4) is 0 Å². The van der Waals surface area contributed by atoms with E-state index < -0.39 is 0 Å². The van der Waals surface area contributed by atoms with Crippen molar-refractivity contribution >= 4 is 5.97 Å². The van der Waals surface area contributed by atoms with Crippen molar-refractivity contribution < 1.29 is 14.3 Å². The Balaban J connectivity index is 2.85. The van der Waals surface area contributed by atoms with Crippen molar-refractivity contribution in [3.05, 3.63) is 35.4 Å². The molecule has 0 unspecified atom stereocenters. The molecule has 1 rings (SSSR count). The van der Waals surface area contributed by atoms with Crippen LogP contribution in [0.15, 0.2) is 24.3 Å². The third kappa shape index (κ3) is 2.57. The minimum absolute atomic E-state index is 0.319. The SMILES string of the molecule is CCOCc1ccccc1C(=O)OC. The second kappa shape index (κ2) is 5.40. The van der Waals surface area contributed by atoms with E-state index in [0.29, 0.717) is 18.8 Å². The molecule has 0 saturated carbocycles. The summed E-state index contributed by atoms with van der Waals surface area (Å²) >= 11 is 0. The number of rotatable bonds is 4. The Hall–Kier alpha value is -1.35. The maximum absolute atomic E-state index is 11.3. The summed E-state index contributed by atoms with van der Waals surface area (Å²) in [6.45, 7) is 3.00. The van der Waals surface area contributed by atoms with E-state index in [2.05, 4.69) is 4.74 Å². The van der Waals surface area contributed by atoms with Gasteiger partial charge in [-0.05, 0) is 18.6 Å². The molecule has 76 valence electrons. The van der Waals surface area contributed by atoms with E-state index in [1.165, 1.54) is 7.11 Å². The van der Waals surface area contributed by atoms with Gasteiger partial charge in [-0.25, -0.2) is 4.79 Å². The van der Waals surface area contributed by atoms with E-state index >= 15 is 0 Å². The topological polar surface area (TPSA) is 35.5 Å². The normalized spacial score (nSPS) is 9.86. The highest BCUT2D eigenvalue weighted by Crippen LogP contribution is 2.11. The van der Waals surface area contributed by atoms with Crippen molar-refractivity contribution in [2.75, 3.05) is 13.7 Å².